The van der Waals surface area contributed by atoms with Crippen molar-refractivity contribution in [2.75, 3.05) is 5.73 Å². The van der Waals surface area contributed by atoms with E-state index >= 15 is 0 Å². The zero-order valence-electron chi connectivity index (χ0n) is 9.72. The molecule has 0 atom stereocenters. The van der Waals surface area contributed by atoms with E-state index in [0.717, 1.165) is 5.56 Å². The van der Waals surface area contributed by atoms with Gasteiger partial charge in [0.1, 0.15) is 0 Å². The number of amides is 1. The minimum absolute atomic E-state index is 0.122. The molecule has 0 saturated heterocycles. The van der Waals surface area contributed by atoms with Gasteiger partial charge in [0.25, 0.3) is 5.91 Å². The van der Waals surface area contributed by atoms with Crippen molar-refractivity contribution in [1.82, 2.24) is 5.32 Å². The minimum Gasteiger partial charge on any atom is -0.398 e. The number of hydrogen-bond donors (Lipinski definition) is 2. The van der Waals surface area contributed by atoms with Crippen LogP contribution in [0, 0.1) is 6.92 Å². The van der Waals surface area contributed by atoms with Gasteiger partial charge in [0.2, 0.25) is 0 Å². The quantitative estimate of drug-likeness (QED) is 0.691. The molecule has 0 unspecified atom stereocenters. The van der Waals surface area contributed by atoms with E-state index in [9.17, 15) is 4.79 Å². The van der Waals surface area contributed by atoms with E-state index in [1.807, 2.05) is 39.8 Å². The maximum absolute atomic E-state index is 11.8. The maximum Gasteiger partial charge on any atom is 0.253 e. The number of rotatable bonds is 1. The van der Waals surface area contributed by atoms with E-state index in [1.54, 1.807) is 6.07 Å². The SMILES string of the molecule is Cc1cccc(C(=O)NC(C)(C)C)c1N. The monoisotopic (exact) mass is 206 g/mol. The molecule has 0 fully saturated rings. The molecule has 1 amide bonds. The number of nitrogen functional groups attached to an aromatic ring is 1. The van der Waals surface area contributed by atoms with Gasteiger partial charge in [0.15, 0.2) is 0 Å². The first-order chi connectivity index (χ1) is 6.81. The largest absolute Gasteiger partial charge is 0.398 e. The highest BCUT2D eigenvalue weighted by molar-refractivity contribution is 6.00. The summed E-state index contributed by atoms with van der Waals surface area (Å²) in [5.41, 5.74) is 7.63. The van der Waals surface area contributed by atoms with Crippen molar-refractivity contribution in [3.8, 4) is 0 Å². The molecular weight excluding hydrogens is 188 g/mol. The fourth-order valence-corrected chi connectivity index (χ4v) is 1.29. The van der Waals surface area contributed by atoms with Gasteiger partial charge in [-0.3, -0.25) is 4.79 Å². The van der Waals surface area contributed by atoms with E-state index in [1.165, 1.54) is 0 Å². The van der Waals surface area contributed by atoms with Gasteiger partial charge < -0.3 is 11.1 Å². The van der Waals surface area contributed by atoms with E-state index in [0.29, 0.717) is 11.3 Å². The van der Waals surface area contributed by atoms with Gasteiger partial charge in [-0.15, -0.1) is 0 Å². The van der Waals surface area contributed by atoms with Crippen LogP contribution < -0.4 is 11.1 Å². The van der Waals surface area contributed by atoms with Crippen LogP contribution in [0.5, 0.6) is 0 Å². The summed E-state index contributed by atoms with van der Waals surface area (Å²) in [5, 5.41) is 2.88. The zero-order chi connectivity index (χ0) is 11.6. The third-order valence-corrected chi connectivity index (χ3v) is 2.06. The van der Waals surface area contributed by atoms with Crippen molar-refractivity contribution >= 4 is 11.6 Å². The molecule has 15 heavy (non-hydrogen) atoms. The number of hydrogen-bond acceptors (Lipinski definition) is 2. The molecule has 1 aromatic rings. The van der Waals surface area contributed by atoms with Gasteiger partial charge in [-0.2, -0.15) is 0 Å². The Morgan fingerprint density at radius 1 is 1.33 bits per heavy atom. The smallest absolute Gasteiger partial charge is 0.253 e. The van der Waals surface area contributed by atoms with Gasteiger partial charge in [-0.1, -0.05) is 12.1 Å². The first-order valence-corrected chi connectivity index (χ1v) is 4.99. The molecule has 3 nitrogen and oxygen atoms in total. The van der Waals surface area contributed by atoms with E-state index < -0.39 is 0 Å². The van der Waals surface area contributed by atoms with Crippen LogP contribution in [0.15, 0.2) is 18.2 Å². The average Bonchev–Trinajstić information content (AvgIpc) is 2.06. The van der Waals surface area contributed by atoms with Crippen LogP contribution >= 0.6 is 0 Å². The molecule has 0 spiro atoms. The average molecular weight is 206 g/mol. The Morgan fingerprint density at radius 3 is 2.47 bits per heavy atom. The first-order valence-electron chi connectivity index (χ1n) is 4.99. The van der Waals surface area contributed by atoms with Crippen molar-refractivity contribution in [3.63, 3.8) is 0 Å². The Labute approximate surface area is 90.7 Å². The number of benzene rings is 1. The zero-order valence-corrected chi connectivity index (χ0v) is 9.72. The van der Waals surface area contributed by atoms with Crippen molar-refractivity contribution in [2.24, 2.45) is 0 Å². The maximum atomic E-state index is 11.8. The first kappa shape index (κ1) is 11.6. The predicted molar refractivity (Wildman–Crippen MR) is 62.8 cm³/mol. The summed E-state index contributed by atoms with van der Waals surface area (Å²) in [6.07, 6.45) is 0. The van der Waals surface area contributed by atoms with Gasteiger partial charge in [0.05, 0.1) is 5.56 Å². The molecule has 0 heterocycles. The topological polar surface area (TPSA) is 55.1 Å². The molecule has 82 valence electrons. The summed E-state index contributed by atoms with van der Waals surface area (Å²) in [7, 11) is 0. The Bertz CT molecular complexity index is 378. The Kier molecular flexibility index (Phi) is 3.03. The number of carbonyl (C=O) groups excluding carboxylic acids is 1. The summed E-state index contributed by atoms with van der Waals surface area (Å²) >= 11 is 0. The van der Waals surface area contributed by atoms with Crippen LogP contribution in [0.25, 0.3) is 0 Å². The number of aryl methyl sites for hydroxylation is 1. The van der Waals surface area contributed by atoms with Crippen LogP contribution in [0.4, 0.5) is 5.69 Å². The third kappa shape index (κ3) is 2.98. The molecule has 0 saturated carbocycles. The summed E-state index contributed by atoms with van der Waals surface area (Å²) < 4.78 is 0. The van der Waals surface area contributed by atoms with Crippen molar-refractivity contribution < 1.29 is 4.79 Å². The van der Waals surface area contributed by atoms with E-state index in [4.69, 9.17) is 5.73 Å². The fourth-order valence-electron chi connectivity index (χ4n) is 1.29. The van der Waals surface area contributed by atoms with Crippen molar-refractivity contribution in [1.29, 1.82) is 0 Å². The number of anilines is 1. The van der Waals surface area contributed by atoms with Gasteiger partial charge >= 0.3 is 0 Å². The number of para-hydroxylation sites is 1. The molecule has 0 aromatic heterocycles. The van der Waals surface area contributed by atoms with Gasteiger partial charge in [0, 0.05) is 11.2 Å². The second kappa shape index (κ2) is 3.93. The Balaban J connectivity index is 2.97. The highest BCUT2D eigenvalue weighted by Gasteiger charge is 2.17. The lowest BCUT2D eigenvalue weighted by Crippen LogP contribution is -2.40. The summed E-state index contributed by atoms with van der Waals surface area (Å²) in [6.45, 7) is 7.72. The van der Waals surface area contributed by atoms with Gasteiger partial charge in [-0.25, -0.2) is 0 Å². The molecule has 3 heteroatoms. The molecule has 1 rings (SSSR count). The molecule has 0 aliphatic rings. The molecule has 3 N–H and O–H groups in total. The molecule has 0 aliphatic carbocycles. The molecule has 1 aromatic carbocycles. The lowest BCUT2D eigenvalue weighted by Gasteiger charge is -2.21. The van der Waals surface area contributed by atoms with E-state index in [2.05, 4.69) is 5.32 Å². The number of nitrogens with two attached hydrogens (primary N) is 1. The number of nitrogens with one attached hydrogen (secondary N) is 1. The standard InChI is InChI=1S/C12H18N2O/c1-8-6-5-7-9(10(8)13)11(15)14-12(2,3)4/h5-7H,13H2,1-4H3,(H,14,15). The fraction of sp³-hybridized carbons (Fsp3) is 0.417. The molecule has 0 aliphatic heterocycles. The summed E-state index contributed by atoms with van der Waals surface area (Å²) in [6, 6.07) is 5.47. The van der Waals surface area contributed by atoms with Gasteiger partial charge in [-0.05, 0) is 39.3 Å². The van der Waals surface area contributed by atoms with Crippen LogP contribution in [0.2, 0.25) is 0 Å². The lowest BCUT2D eigenvalue weighted by atomic mass is 10.0. The number of carbonyl (C=O) groups is 1. The van der Waals surface area contributed by atoms with Crippen LogP contribution in [0.1, 0.15) is 36.7 Å². The van der Waals surface area contributed by atoms with Crippen LogP contribution in [0.3, 0.4) is 0 Å². The molecular formula is C12H18N2O. The summed E-state index contributed by atoms with van der Waals surface area (Å²) in [4.78, 5) is 11.8. The summed E-state index contributed by atoms with van der Waals surface area (Å²) in [5.74, 6) is -0.122. The van der Waals surface area contributed by atoms with E-state index in [-0.39, 0.29) is 11.4 Å². The van der Waals surface area contributed by atoms with Crippen LogP contribution in [-0.2, 0) is 0 Å². The molecule has 0 radical (unpaired) electrons. The predicted octanol–water partition coefficient (Wildman–Crippen LogP) is 2.11. The minimum atomic E-state index is -0.243. The van der Waals surface area contributed by atoms with Crippen molar-refractivity contribution in [3.05, 3.63) is 29.3 Å². The van der Waals surface area contributed by atoms with Crippen molar-refractivity contribution in [2.45, 2.75) is 33.2 Å². The lowest BCUT2D eigenvalue weighted by molar-refractivity contribution is 0.0920. The second-order valence-corrected chi connectivity index (χ2v) is 4.74. The third-order valence-electron chi connectivity index (χ3n) is 2.06. The Hall–Kier alpha value is -1.51. The Morgan fingerprint density at radius 2 is 1.93 bits per heavy atom. The normalized spacial score (nSPS) is 11.2. The highest BCUT2D eigenvalue weighted by atomic mass is 16.1. The highest BCUT2D eigenvalue weighted by Crippen LogP contribution is 2.17. The van der Waals surface area contributed by atoms with Crippen LogP contribution in [-0.4, -0.2) is 11.4 Å². The molecule has 0 bridgehead atoms. The second-order valence-electron chi connectivity index (χ2n) is 4.74.